The minimum absolute atomic E-state index is 0.0246. The minimum atomic E-state index is -4.44. The summed E-state index contributed by atoms with van der Waals surface area (Å²) < 4.78 is 36.3. The maximum absolute atomic E-state index is 12.1. The van der Waals surface area contributed by atoms with Crippen LogP contribution in [-0.2, 0) is 6.18 Å². The molecular formula is C28H29Cl4F3N4. The second-order valence-corrected chi connectivity index (χ2v) is 9.88. The molecule has 0 amide bonds. The number of hydrogen-bond acceptors (Lipinski definition) is 4. The molecule has 4 rings (SSSR count). The molecule has 0 fully saturated rings. The van der Waals surface area contributed by atoms with Crippen LogP contribution in [0.4, 0.5) is 35.9 Å². The third kappa shape index (κ3) is 12.2. The van der Waals surface area contributed by atoms with Crippen molar-refractivity contribution in [3.63, 3.8) is 0 Å². The zero-order chi connectivity index (χ0) is 29.9. The van der Waals surface area contributed by atoms with Crippen LogP contribution >= 0.6 is 46.4 Å². The monoisotopic (exact) mass is 618 g/mol. The Kier molecular flexibility index (Phi) is 13.6. The predicted octanol–water partition coefficient (Wildman–Crippen LogP) is 9.63. The van der Waals surface area contributed by atoms with Gasteiger partial charge in [-0.2, -0.15) is 13.2 Å². The molecule has 0 spiro atoms. The number of hydrogen-bond donors (Lipinski definition) is 4. The van der Waals surface area contributed by atoms with Gasteiger partial charge in [0, 0.05) is 32.1 Å². The number of halogens is 7. The van der Waals surface area contributed by atoms with Crippen molar-refractivity contribution < 1.29 is 13.2 Å². The van der Waals surface area contributed by atoms with Crippen molar-refractivity contribution in [1.82, 2.24) is 0 Å². The van der Waals surface area contributed by atoms with Gasteiger partial charge in [-0.1, -0.05) is 64.6 Å². The highest BCUT2D eigenvalue weighted by Crippen LogP contribution is 2.34. The number of nitrogen functional groups attached to an aromatic ring is 4. The highest BCUT2D eigenvalue weighted by Gasteiger charge is 2.32. The molecule has 0 heterocycles. The van der Waals surface area contributed by atoms with Gasteiger partial charge in [0.25, 0.3) is 0 Å². The molecule has 0 aliphatic rings. The van der Waals surface area contributed by atoms with Crippen molar-refractivity contribution >= 4 is 69.2 Å². The van der Waals surface area contributed by atoms with Gasteiger partial charge in [-0.15, -0.1) is 0 Å². The van der Waals surface area contributed by atoms with Crippen LogP contribution in [0.15, 0.2) is 72.8 Å². The number of aryl methyl sites for hydroxylation is 2. The fraction of sp³-hybridized carbons (Fsp3) is 0.143. The van der Waals surface area contributed by atoms with Crippen LogP contribution < -0.4 is 22.9 Å². The first-order valence-corrected chi connectivity index (χ1v) is 12.7. The normalized spacial score (nSPS) is 10.2. The molecule has 0 radical (unpaired) electrons. The summed E-state index contributed by atoms with van der Waals surface area (Å²) in [7, 11) is 0. The standard InChI is InChI=1S/C7H5ClF3N.3C7H8ClN/c8-4-1-2-6(12)5(3-4)7(9,10)11;1-5-2-3-6(9)4-7(5)8;1-5-2-3-6(8)7(9)4-5;1-5-6(8)3-2-4-7(5)9/h1-3H,12H2;3*2-4H,9H2,1H3. The summed E-state index contributed by atoms with van der Waals surface area (Å²) in [6.07, 6.45) is -4.44. The second kappa shape index (κ2) is 15.6. The molecule has 4 aromatic rings. The maximum Gasteiger partial charge on any atom is 0.418 e. The number of nitrogens with two attached hydrogens (primary N) is 4. The first-order valence-electron chi connectivity index (χ1n) is 11.2. The molecule has 0 atom stereocenters. The highest BCUT2D eigenvalue weighted by molar-refractivity contribution is 6.33. The van der Waals surface area contributed by atoms with Gasteiger partial charge in [0.1, 0.15) is 0 Å². The van der Waals surface area contributed by atoms with Gasteiger partial charge in [-0.25, -0.2) is 0 Å². The van der Waals surface area contributed by atoms with Crippen molar-refractivity contribution in [2.24, 2.45) is 0 Å². The minimum Gasteiger partial charge on any atom is -0.399 e. The van der Waals surface area contributed by atoms with Gasteiger partial charge >= 0.3 is 6.18 Å². The van der Waals surface area contributed by atoms with Crippen molar-refractivity contribution in [2.45, 2.75) is 26.9 Å². The summed E-state index contributed by atoms with van der Waals surface area (Å²) in [5.41, 5.74) is 25.6. The fourth-order valence-corrected chi connectivity index (χ4v) is 3.33. The van der Waals surface area contributed by atoms with E-state index in [9.17, 15) is 13.2 Å². The zero-order valence-corrected chi connectivity index (χ0v) is 24.4. The molecule has 210 valence electrons. The SMILES string of the molecule is Cc1c(N)cccc1Cl.Cc1ccc(Cl)c(N)c1.Cc1ccc(N)cc1Cl.Nc1ccc(Cl)cc1C(F)(F)F. The lowest BCUT2D eigenvalue weighted by Gasteiger charge is -2.09. The lowest BCUT2D eigenvalue weighted by molar-refractivity contribution is -0.136. The molecule has 0 saturated carbocycles. The number of anilines is 4. The van der Waals surface area contributed by atoms with E-state index in [0.717, 1.165) is 44.6 Å². The molecule has 0 aliphatic carbocycles. The van der Waals surface area contributed by atoms with E-state index in [-0.39, 0.29) is 10.7 Å². The van der Waals surface area contributed by atoms with Gasteiger partial charge in [-0.05, 0) is 92.1 Å². The fourth-order valence-electron chi connectivity index (χ4n) is 2.67. The van der Waals surface area contributed by atoms with Crippen molar-refractivity contribution in [3.05, 3.63) is 115 Å². The smallest absolute Gasteiger partial charge is 0.399 e. The Morgan fingerprint density at radius 3 is 1.67 bits per heavy atom. The highest BCUT2D eigenvalue weighted by atomic mass is 35.5. The Bertz CT molecular complexity index is 1310. The van der Waals surface area contributed by atoms with Crippen molar-refractivity contribution in [2.75, 3.05) is 22.9 Å². The predicted molar refractivity (Wildman–Crippen MR) is 163 cm³/mol. The first kappa shape index (κ1) is 34.1. The summed E-state index contributed by atoms with van der Waals surface area (Å²) in [5, 5.41) is 2.11. The van der Waals surface area contributed by atoms with E-state index in [2.05, 4.69) is 0 Å². The molecule has 0 unspecified atom stereocenters. The second-order valence-electron chi connectivity index (χ2n) is 8.22. The molecular weight excluding hydrogens is 591 g/mol. The first-order chi connectivity index (χ1) is 18.0. The Balaban J connectivity index is 0.000000262. The van der Waals surface area contributed by atoms with Gasteiger partial charge in [0.15, 0.2) is 0 Å². The van der Waals surface area contributed by atoms with Gasteiger partial charge in [-0.3, -0.25) is 0 Å². The Morgan fingerprint density at radius 1 is 0.590 bits per heavy atom. The third-order valence-electron chi connectivity index (χ3n) is 4.98. The lowest BCUT2D eigenvalue weighted by atomic mass is 10.2. The van der Waals surface area contributed by atoms with E-state index in [0.29, 0.717) is 16.4 Å². The molecule has 8 N–H and O–H groups in total. The summed E-state index contributed by atoms with van der Waals surface area (Å²) in [6.45, 7) is 5.83. The average Bonchev–Trinajstić information content (AvgIpc) is 2.85. The van der Waals surface area contributed by atoms with Gasteiger partial charge < -0.3 is 22.9 Å². The van der Waals surface area contributed by atoms with Crippen LogP contribution in [0, 0.1) is 20.8 Å². The van der Waals surface area contributed by atoms with Gasteiger partial charge in [0.2, 0.25) is 0 Å². The Labute approximate surface area is 246 Å². The largest absolute Gasteiger partial charge is 0.418 e. The van der Waals surface area contributed by atoms with Crippen LogP contribution in [0.25, 0.3) is 0 Å². The van der Waals surface area contributed by atoms with Crippen LogP contribution in [0.3, 0.4) is 0 Å². The van der Waals surface area contributed by atoms with Crippen LogP contribution in [-0.4, -0.2) is 0 Å². The third-order valence-corrected chi connectivity index (χ3v) is 6.37. The topological polar surface area (TPSA) is 104 Å². The average molecular weight is 620 g/mol. The van der Waals surface area contributed by atoms with Crippen molar-refractivity contribution in [1.29, 1.82) is 0 Å². The Hall–Kier alpha value is -2.97. The molecule has 11 heteroatoms. The summed E-state index contributed by atoms with van der Waals surface area (Å²) >= 11 is 22.5. The van der Waals surface area contributed by atoms with E-state index >= 15 is 0 Å². The number of rotatable bonds is 0. The molecule has 0 saturated heterocycles. The van der Waals surface area contributed by atoms with E-state index in [1.165, 1.54) is 6.07 Å². The molecule has 0 bridgehead atoms. The van der Waals surface area contributed by atoms with E-state index in [4.69, 9.17) is 69.3 Å². The molecule has 4 nitrogen and oxygen atoms in total. The Morgan fingerprint density at radius 2 is 1.23 bits per heavy atom. The zero-order valence-electron chi connectivity index (χ0n) is 21.4. The van der Waals surface area contributed by atoms with Gasteiger partial charge in [0.05, 0.1) is 16.3 Å². The van der Waals surface area contributed by atoms with E-state index in [1.54, 1.807) is 12.1 Å². The molecule has 39 heavy (non-hydrogen) atoms. The van der Waals surface area contributed by atoms with Crippen molar-refractivity contribution in [3.8, 4) is 0 Å². The van der Waals surface area contributed by atoms with Crippen LogP contribution in [0.1, 0.15) is 22.3 Å². The summed E-state index contributed by atoms with van der Waals surface area (Å²) in [4.78, 5) is 0. The van der Waals surface area contributed by atoms with Crippen LogP contribution in [0.5, 0.6) is 0 Å². The molecule has 4 aromatic carbocycles. The maximum atomic E-state index is 12.1. The summed E-state index contributed by atoms with van der Waals surface area (Å²) in [5.74, 6) is 0. The molecule has 0 aliphatic heterocycles. The van der Waals surface area contributed by atoms with Crippen LogP contribution in [0.2, 0.25) is 20.1 Å². The quantitative estimate of drug-likeness (QED) is 0.147. The lowest BCUT2D eigenvalue weighted by Crippen LogP contribution is -2.08. The molecule has 0 aromatic heterocycles. The van der Waals surface area contributed by atoms with E-state index in [1.807, 2.05) is 63.2 Å². The summed E-state index contributed by atoms with van der Waals surface area (Å²) in [6, 6.07) is 19.8. The van der Waals surface area contributed by atoms with E-state index < -0.39 is 11.7 Å². The number of alkyl halides is 3. The number of benzene rings is 4.